The fourth-order valence-electron chi connectivity index (χ4n) is 2.21. The second-order valence-electron chi connectivity index (χ2n) is 4.22. The Morgan fingerprint density at radius 2 is 1.87 bits per heavy atom. The van der Waals surface area contributed by atoms with Crippen LogP contribution in [0.4, 0.5) is 4.39 Å². The summed E-state index contributed by atoms with van der Waals surface area (Å²) in [5.74, 6) is -0.451. The molecule has 1 aliphatic rings. The van der Waals surface area contributed by atoms with Crippen LogP contribution >= 0.6 is 11.6 Å². The zero-order valence-corrected chi connectivity index (χ0v) is 9.23. The summed E-state index contributed by atoms with van der Waals surface area (Å²) in [5, 5.41) is 10.5. The Morgan fingerprint density at radius 3 is 2.47 bits per heavy atom. The van der Waals surface area contributed by atoms with Gasteiger partial charge in [-0.2, -0.15) is 0 Å². The number of hydrogen-bond acceptors (Lipinski definition) is 1. The summed E-state index contributed by atoms with van der Waals surface area (Å²) in [6, 6.07) is 4.59. The standard InChI is InChI=1S/C12H14ClFO/c13-10-5-4-9(8-11(10)14)12(15)6-2-1-3-7-12/h4-5,8,15H,1-3,6-7H2. The highest BCUT2D eigenvalue weighted by molar-refractivity contribution is 6.30. The van der Waals surface area contributed by atoms with Crippen molar-refractivity contribution in [1.82, 2.24) is 0 Å². The number of halogens is 2. The maximum atomic E-state index is 13.3. The third kappa shape index (κ3) is 2.16. The Kier molecular flexibility index (Phi) is 2.98. The highest BCUT2D eigenvalue weighted by Crippen LogP contribution is 2.37. The van der Waals surface area contributed by atoms with Crippen LogP contribution in [0.25, 0.3) is 0 Å². The van der Waals surface area contributed by atoms with Crippen LogP contribution in [0.1, 0.15) is 37.7 Å². The maximum Gasteiger partial charge on any atom is 0.142 e. The van der Waals surface area contributed by atoms with Gasteiger partial charge in [0, 0.05) is 0 Å². The van der Waals surface area contributed by atoms with Crippen LogP contribution in [0.15, 0.2) is 18.2 Å². The number of hydrogen-bond donors (Lipinski definition) is 1. The van der Waals surface area contributed by atoms with Gasteiger partial charge >= 0.3 is 0 Å². The number of rotatable bonds is 1. The van der Waals surface area contributed by atoms with Crippen LogP contribution in [0.2, 0.25) is 5.02 Å². The lowest BCUT2D eigenvalue weighted by Gasteiger charge is -2.32. The molecule has 1 saturated carbocycles. The minimum absolute atomic E-state index is 0.109. The Bertz CT molecular complexity index is 359. The SMILES string of the molecule is OC1(c2ccc(Cl)c(F)c2)CCCCC1. The molecule has 0 heterocycles. The van der Waals surface area contributed by atoms with E-state index in [4.69, 9.17) is 11.6 Å². The smallest absolute Gasteiger partial charge is 0.142 e. The molecule has 82 valence electrons. The molecule has 0 aromatic heterocycles. The number of aliphatic hydroxyl groups is 1. The molecule has 1 fully saturated rings. The second kappa shape index (κ2) is 4.11. The molecule has 0 atom stereocenters. The Hall–Kier alpha value is -0.600. The molecule has 0 amide bonds. The summed E-state index contributed by atoms with van der Waals surface area (Å²) in [5.41, 5.74) is -0.187. The van der Waals surface area contributed by atoms with Gasteiger partial charge in [0.2, 0.25) is 0 Å². The van der Waals surface area contributed by atoms with Crippen molar-refractivity contribution in [3.63, 3.8) is 0 Å². The van der Waals surface area contributed by atoms with Crippen molar-refractivity contribution in [2.75, 3.05) is 0 Å². The highest BCUT2D eigenvalue weighted by Gasteiger charge is 2.31. The van der Waals surface area contributed by atoms with Crippen LogP contribution in [0, 0.1) is 5.82 Å². The summed E-state index contributed by atoms with van der Waals surface area (Å²) in [4.78, 5) is 0. The third-order valence-electron chi connectivity index (χ3n) is 3.14. The molecule has 2 rings (SSSR count). The largest absolute Gasteiger partial charge is 0.385 e. The fourth-order valence-corrected chi connectivity index (χ4v) is 2.33. The Morgan fingerprint density at radius 1 is 1.20 bits per heavy atom. The first-order valence-corrected chi connectivity index (χ1v) is 5.67. The number of benzene rings is 1. The molecule has 0 saturated heterocycles. The van der Waals surface area contributed by atoms with E-state index in [-0.39, 0.29) is 5.02 Å². The molecule has 0 radical (unpaired) electrons. The topological polar surface area (TPSA) is 20.2 Å². The van der Waals surface area contributed by atoms with Crippen molar-refractivity contribution in [1.29, 1.82) is 0 Å². The van der Waals surface area contributed by atoms with Crippen molar-refractivity contribution in [2.24, 2.45) is 0 Å². The first-order valence-electron chi connectivity index (χ1n) is 5.30. The van der Waals surface area contributed by atoms with Gasteiger partial charge in [-0.15, -0.1) is 0 Å². The van der Waals surface area contributed by atoms with Gasteiger partial charge in [-0.3, -0.25) is 0 Å². The van der Waals surface area contributed by atoms with Crippen LogP contribution in [-0.4, -0.2) is 5.11 Å². The summed E-state index contributed by atoms with van der Waals surface area (Å²) < 4.78 is 13.3. The lowest BCUT2D eigenvalue weighted by Crippen LogP contribution is -2.28. The molecule has 1 aromatic carbocycles. The van der Waals surface area contributed by atoms with E-state index in [2.05, 4.69) is 0 Å². The zero-order chi connectivity index (χ0) is 10.9. The molecule has 1 nitrogen and oxygen atoms in total. The molecule has 0 aliphatic heterocycles. The van der Waals surface area contributed by atoms with Gasteiger partial charge in [0.1, 0.15) is 5.82 Å². The van der Waals surface area contributed by atoms with E-state index in [9.17, 15) is 9.50 Å². The monoisotopic (exact) mass is 228 g/mol. The van der Waals surface area contributed by atoms with E-state index in [1.54, 1.807) is 6.07 Å². The van der Waals surface area contributed by atoms with Gasteiger partial charge in [0.05, 0.1) is 10.6 Å². The molecule has 0 bridgehead atoms. The lowest BCUT2D eigenvalue weighted by atomic mass is 9.80. The highest BCUT2D eigenvalue weighted by atomic mass is 35.5. The predicted molar refractivity (Wildman–Crippen MR) is 58.4 cm³/mol. The van der Waals surface area contributed by atoms with Gasteiger partial charge in [-0.05, 0) is 30.5 Å². The normalized spacial score (nSPS) is 20.2. The molecule has 3 heteroatoms. The minimum Gasteiger partial charge on any atom is -0.385 e. The predicted octanol–water partition coefficient (Wildman–Crippen LogP) is 3.63. The average molecular weight is 229 g/mol. The van der Waals surface area contributed by atoms with Crippen LogP contribution in [0.3, 0.4) is 0 Å². The molecular formula is C12H14ClFO. The second-order valence-corrected chi connectivity index (χ2v) is 4.63. The molecule has 1 N–H and O–H groups in total. The van der Waals surface area contributed by atoms with Gasteiger partial charge in [0.25, 0.3) is 0 Å². The zero-order valence-electron chi connectivity index (χ0n) is 8.47. The van der Waals surface area contributed by atoms with Crippen LogP contribution in [-0.2, 0) is 5.60 Å². The van der Waals surface area contributed by atoms with E-state index in [1.165, 1.54) is 12.1 Å². The van der Waals surface area contributed by atoms with E-state index in [1.807, 2.05) is 0 Å². The van der Waals surface area contributed by atoms with Crippen molar-refractivity contribution in [3.05, 3.63) is 34.6 Å². The van der Waals surface area contributed by atoms with Crippen molar-refractivity contribution < 1.29 is 9.50 Å². The minimum atomic E-state index is -0.844. The average Bonchev–Trinajstić information content (AvgIpc) is 2.23. The molecule has 1 aromatic rings. The van der Waals surface area contributed by atoms with E-state index in [0.717, 1.165) is 19.3 Å². The summed E-state index contributed by atoms with van der Waals surface area (Å²) in [7, 11) is 0. The molecule has 15 heavy (non-hydrogen) atoms. The van der Waals surface area contributed by atoms with E-state index >= 15 is 0 Å². The van der Waals surface area contributed by atoms with Gasteiger partial charge in [-0.1, -0.05) is 36.9 Å². The fraction of sp³-hybridized carbons (Fsp3) is 0.500. The molecular weight excluding hydrogens is 215 g/mol. The lowest BCUT2D eigenvalue weighted by molar-refractivity contribution is -0.000877. The summed E-state index contributed by atoms with van der Waals surface area (Å²) in [6.07, 6.45) is 4.59. The Labute approximate surface area is 93.9 Å². The third-order valence-corrected chi connectivity index (χ3v) is 3.44. The van der Waals surface area contributed by atoms with Gasteiger partial charge in [-0.25, -0.2) is 4.39 Å². The first-order chi connectivity index (χ1) is 7.12. The molecule has 0 spiro atoms. The van der Waals surface area contributed by atoms with Crippen molar-refractivity contribution >= 4 is 11.6 Å². The van der Waals surface area contributed by atoms with Crippen molar-refractivity contribution in [2.45, 2.75) is 37.7 Å². The van der Waals surface area contributed by atoms with Gasteiger partial charge in [0.15, 0.2) is 0 Å². The summed E-state index contributed by atoms with van der Waals surface area (Å²) in [6.45, 7) is 0. The van der Waals surface area contributed by atoms with E-state index < -0.39 is 11.4 Å². The van der Waals surface area contributed by atoms with E-state index in [0.29, 0.717) is 18.4 Å². The first kappa shape index (κ1) is 10.9. The van der Waals surface area contributed by atoms with Crippen LogP contribution < -0.4 is 0 Å². The van der Waals surface area contributed by atoms with Gasteiger partial charge < -0.3 is 5.11 Å². The quantitative estimate of drug-likeness (QED) is 0.778. The van der Waals surface area contributed by atoms with Crippen LogP contribution in [0.5, 0.6) is 0 Å². The molecule has 1 aliphatic carbocycles. The summed E-state index contributed by atoms with van der Waals surface area (Å²) >= 11 is 5.61. The Balaban J connectivity index is 2.31. The maximum absolute atomic E-state index is 13.3. The van der Waals surface area contributed by atoms with Crippen molar-refractivity contribution in [3.8, 4) is 0 Å². The molecule has 0 unspecified atom stereocenters.